The van der Waals surface area contributed by atoms with Crippen molar-refractivity contribution in [2.24, 2.45) is 0 Å². The van der Waals surface area contributed by atoms with E-state index < -0.39 is 0 Å². The highest BCUT2D eigenvalue weighted by molar-refractivity contribution is 5.14. The molecule has 3 nitrogen and oxygen atoms in total. The van der Waals surface area contributed by atoms with Gasteiger partial charge in [0.05, 0.1) is 13.2 Å². The number of aryl methyl sites for hydroxylation is 1. The summed E-state index contributed by atoms with van der Waals surface area (Å²) in [5, 5.41) is 3.34. The van der Waals surface area contributed by atoms with Crippen molar-refractivity contribution in [1.29, 1.82) is 0 Å². The third-order valence-electron chi connectivity index (χ3n) is 2.75. The minimum absolute atomic E-state index is 0.392. The van der Waals surface area contributed by atoms with Crippen LogP contribution in [0.15, 0.2) is 30.3 Å². The zero-order chi connectivity index (χ0) is 13.1. The number of benzene rings is 1. The molecule has 0 aromatic heterocycles. The summed E-state index contributed by atoms with van der Waals surface area (Å²) in [5.74, 6) is 0. The first-order chi connectivity index (χ1) is 8.83. The van der Waals surface area contributed by atoms with E-state index in [0.717, 1.165) is 39.2 Å². The highest BCUT2D eigenvalue weighted by atomic mass is 16.5. The SMILES string of the molecule is COCC(C)NCCOCCCc1ccccc1. The van der Waals surface area contributed by atoms with Crippen LogP contribution in [0.25, 0.3) is 0 Å². The molecule has 0 amide bonds. The van der Waals surface area contributed by atoms with Crippen LogP contribution in [-0.4, -0.2) is 39.5 Å². The molecule has 1 aromatic carbocycles. The highest BCUT2D eigenvalue weighted by Crippen LogP contribution is 2.02. The number of hydrogen-bond acceptors (Lipinski definition) is 3. The zero-order valence-electron chi connectivity index (χ0n) is 11.5. The van der Waals surface area contributed by atoms with Crippen LogP contribution in [0, 0.1) is 0 Å². The lowest BCUT2D eigenvalue weighted by atomic mass is 10.1. The van der Waals surface area contributed by atoms with Gasteiger partial charge in [-0.3, -0.25) is 0 Å². The molecule has 0 aliphatic heterocycles. The molecule has 1 rings (SSSR count). The smallest absolute Gasteiger partial charge is 0.0613 e. The Balaban J connectivity index is 1.90. The molecule has 18 heavy (non-hydrogen) atoms. The fourth-order valence-electron chi connectivity index (χ4n) is 1.81. The Hall–Kier alpha value is -0.900. The predicted molar refractivity (Wildman–Crippen MR) is 74.9 cm³/mol. The van der Waals surface area contributed by atoms with Crippen molar-refractivity contribution < 1.29 is 9.47 Å². The topological polar surface area (TPSA) is 30.5 Å². The summed E-state index contributed by atoms with van der Waals surface area (Å²) in [5.41, 5.74) is 1.38. The van der Waals surface area contributed by atoms with E-state index in [1.54, 1.807) is 7.11 Å². The zero-order valence-corrected chi connectivity index (χ0v) is 11.5. The van der Waals surface area contributed by atoms with Gasteiger partial charge in [-0.2, -0.15) is 0 Å². The summed E-state index contributed by atoms with van der Waals surface area (Å²) >= 11 is 0. The first-order valence-corrected chi connectivity index (χ1v) is 6.67. The largest absolute Gasteiger partial charge is 0.383 e. The molecule has 0 heterocycles. The minimum atomic E-state index is 0.392. The van der Waals surface area contributed by atoms with Gasteiger partial charge in [-0.25, -0.2) is 0 Å². The van der Waals surface area contributed by atoms with Crippen LogP contribution in [0.5, 0.6) is 0 Å². The predicted octanol–water partition coefficient (Wildman–Crippen LogP) is 2.26. The number of methoxy groups -OCH3 is 1. The molecule has 1 N–H and O–H groups in total. The normalized spacial score (nSPS) is 12.6. The van der Waals surface area contributed by atoms with E-state index in [-0.39, 0.29) is 0 Å². The van der Waals surface area contributed by atoms with Gasteiger partial charge in [0.2, 0.25) is 0 Å². The van der Waals surface area contributed by atoms with Gasteiger partial charge in [-0.1, -0.05) is 30.3 Å². The molecule has 0 aliphatic carbocycles. The van der Waals surface area contributed by atoms with Gasteiger partial charge in [-0.15, -0.1) is 0 Å². The van der Waals surface area contributed by atoms with E-state index in [4.69, 9.17) is 9.47 Å². The third-order valence-corrected chi connectivity index (χ3v) is 2.75. The lowest BCUT2D eigenvalue weighted by Crippen LogP contribution is -2.32. The highest BCUT2D eigenvalue weighted by Gasteiger charge is 1.98. The van der Waals surface area contributed by atoms with E-state index in [0.29, 0.717) is 6.04 Å². The minimum Gasteiger partial charge on any atom is -0.383 e. The molecule has 1 aromatic rings. The van der Waals surface area contributed by atoms with Gasteiger partial charge in [0.25, 0.3) is 0 Å². The maximum Gasteiger partial charge on any atom is 0.0613 e. The maximum absolute atomic E-state index is 5.58. The fourth-order valence-corrected chi connectivity index (χ4v) is 1.81. The van der Waals surface area contributed by atoms with E-state index in [9.17, 15) is 0 Å². The van der Waals surface area contributed by atoms with Gasteiger partial charge in [0, 0.05) is 26.3 Å². The number of nitrogens with one attached hydrogen (secondary N) is 1. The molecular formula is C15H25NO2. The third kappa shape index (κ3) is 7.43. The molecule has 0 aliphatic rings. The molecule has 0 fully saturated rings. The lowest BCUT2D eigenvalue weighted by molar-refractivity contribution is 0.124. The number of rotatable bonds is 10. The number of ether oxygens (including phenoxy) is 2. The molecule has 0 radical (unpaired) electrons. The summed E-state index contributed by atoms with van der Waals surface area (Å²) in [6.45, 7) is 5.33. The second-order valence-electron chi connectivity index (χ2n) is 4.51. The average Bonchev–Trinajstić information content (AvgIpc) is 2.39. The first-order valence-electron chi connectivity index (χ1n) is 6.67. The van der Waals surface area contributed by atoms with Crippen molar-refractivity contribution in [2.75, 3.05) is 33.5 Å². The van der Waals surface area contributed by atoms with Crippen LogP contribution in [-0.2, 0) is 15.9 Å². The Labute approximate surface area is 110 Å². The lowest BCUT2D eigenvalue weighted by Gasteiger charge is -2.12. The van der Waals surface area contributed by atoms with Crippen molar-refractivity contribution >= 4 is 0 Å². The standard InChI is InChI=1S/C15H25NO2/c1-14(13-17-2)16-10-12-18-11-6-9-15-7-4-3-5-8-15/h3-5,7-8,14,16H,6,9-13H2,1-2H3. The number of hydrogen-bond donors (Lipinski definition) is 1. The van der Waals surface area contributed by atoms with Crippen LogP contribution >= 0.6 is 0 Å². The molecule has 0 saturated heterocycles. The van der Waals surface area contributed by atoms with Crippen molar-refractivity contribution in [3.63, 3.8) is 0 Å². The van der Waals surface area contributed by atoms with Crippen LogP contribution < -0.4 is 5.32 Å². The van der Waals surface area contributed by atoms with Gasteiger partial charge < -0.3 is 14.8 Å². The van der Waals surface area contributed by atoms with E-state index >= 15 is 0 Å². The Morgan fingerprint density at radius 1 is 1.17 bits per heavy atom. The van der Waals surface area contributed by atoms with E-state index in [2.05, 4.69) is 36.5 Å². The van der Waals surface area contributed by atoms with E-state index in [1.165, 1.54) is 5.56 Å². The Morgan fingerprint density at radius 2 is 1.94 bits per heavy atom. The second kappa shape index (κ2) is 10.1. The van der Waals surface area contributed by atoms with Crippen LogP contribution in [0.4, 0.5) is 0 Å². The molecule has 0 saturated carbocycles. The van der Waals surface area contributed by atoms with Gasteiger partial charge in [0.15, 0.2) is 0 Å². The Bertz CT molecular complexity index is 290. The Morgan fingerprint density at radius 3 is 2.67 bits per heavy atom. The van der Waals surface area contributed by atoms with Crippen LogP contribution in [0.3, 0.4) is 0 Å². The molecule has 3 heteroatoms. The molecule has 1 unspecified atom stereocenters. The van der Waals surface area contributed by atoms with Crippen molar-refractivity contribution in [1.82, 2.24) is 5.32 Å². The summed E-state index contributed by atoms with van der Waals surface area (Å²) in [6.07, 6.45) is 2.17. The summed E-state index contributed by atoms with van der Waals surface area (Å²) in [4.78, 5) is 0. The van der Waals surface area contributed by atoms with Gasteiger partial charge >= 0.3 is 0 Å². The van der Waals surface area contributed by atoms with Crippen LogP contribution in [0.1, 0.15) is 18.9 Å². The second-order valence-corrected chi connectivity index (χ2v) is 4.51. The van der Waals surface area contributed by atoms with Gasteiger partial charge in [-0.05, 0) is 25.3 Å². The molecule has 1 atom stereocenters. The summed E-state index contributed by atoms with van der Waals surface area (Å²) in [7, 11) is 1.72. The maximum atomic E-state index is 5.58. The Kier molecular flexibility index (Phi) is 8.47. The van der Waals surface area contributed by atoms with Crippen molar-refractivity contribution in [3.8, 4) is 0 Å². The van der Waals surface area contributed by atoms with Crippen LogP contribution in [0.2, 0.25) is 0 Å². The summed E-state index contributed by atoms with van der Waals surface area (Å²) < 4.78 is 10.6. The monoisotopic (exact) mass is 251 g/mol. The fraction of sp³-hybridized carbons (Fsp3) is 0.600. The molecule has 102 valence electrons. The molecular weight excluding hydrogens is 226 g/mol. The van der Waals surface area contributed by atoms with Crippen molar-refractivity contribution in [2.45, 2.75) is 25.8 Å². The summed E-state index contributed by atoms with van der Waals surface area (Å²) in [6, 6.07) is 10.9. The van der Waals surface area contributed by atoms with Gasteiger partial charge in [0.1, 0.15) is 0 Å². The average molecular weight is 251 g/mol. The first kappa shape index (κ1) is 15.2. The molecule has 0 spiro atoms. The van der Waals surface area contributed by atoms with Crippen molar-refractivity contribution in [3.05, 3.63) is 35.9 Å². The van der Waals surface area contributed by atoms with E-state index in [1.807, 2.05) is 6.07 Å². The molecule has 0 bridgehead atoms. The quantitative estimate of drug-likeness (QED) is 0.647.